The van der Waals surface area contributed by atoms with Crippen molar-refractivity contribution in [3.8, 4) is 11.3 Å². The minimum absolute atomic E-state index is 0.0834. The molecular formula is C17H16F3N3O3S. The number of aliphatic carboxylic acids is 1. The van der Waals surface area contributed by atoms with E-state index in [1.807, 2.05) is 0 Å². The minimum Gasteiger partial charge on any atom is -0.481 e. The summed E-state index contributed by atoms with van der Waals surface area (Å²) in [5, 5.41) is 13.6. The number of carbonyl (C=O) groups excluding carboxylic acids is 1. The van der Waals surface area contributed by atoms with Crippen LogP contribution in [0.3, 0.4) is 0 Å². The molecule has 1 unspecified atom stereocenters. The molecular weight excluding hydrogens is 383 g/mol. The second-order valence-corrected chi connectivity index (χ2v) is 7.44. The predicted molar refractivity (Wildman–Crippen MR) is 93.5 cm³/mol. The average molecular weight is 399 g/mol. The van der Waals surface area contributed by atoms with Crippen molar-refractivity contribution in [3.63, 3.8) is 0 Å². The van der Waals surface area contributed by atoms with Gasteiger partial charge in [-0.05, 0) is 25.5 Å². The van der Waals surface area contributed by atoms with E-state index < -0.39 is 29.2 Å². The fourth-order valence-electron chi connectivity index (χ4n) is 2.80. The lowest BCUT2D eigenvalue weighted by Crippen LogP contribution is -2.37. The van der Waals surface area contributed by atoms with Gasteiger partial charge in [0, 0.05) is 24.0 Å². The molecule has 0 spiro atoms. The standard InChI is InChI=1S/C17H16F3N3O3S/c1-16(13(24)25)5-6-23(9-16)15(26)22-14-21-12(8-27-14)10-3-2-4-11(7-10)17(18,19)20/h2-4,7-8H,5-6,9H2,1H3,(H,24,25)(H,21,22,26). The van der Waals surface area contributed by atoms with Gasteiger partial charge in [-0.2, -0.15) is 13.2 Å². The summed E-state index contributed by atoms with van der Waals surface area (Å²) < 4.78 is 38.5. The number of hydrogen-bond acceptors (Lipinski definition) is 4. The highest BCUT2D eigenvalue weighted by Gasteiger charge is 2.42. The first-order valence-electron chi connectivity index (χ1n) is 8.01. The summed E-state index contributed by atoms with van der Waals surface area (Å²) in [5.74, 6) is -0.959. The first-order chi connectivity index (χ1) is 12.6. The Labute approximate surface area is 156 Å². The second kappa shape index (κ2) is 6.84. The summed E-state index contributed by atoms with van der Waals surface area (Å²) in [4.78, 5) is 29.1. The van der Waals surface area contributed by atoms with Crippen molar-refractivity contribution in [2.45, 2.75) is 19.5 Å². The number of nitrogens with zero attached hydrogens (tertiary/aromatic N) is 2. The number of carboxylic acid groups (broad SMARTS) is 1. The highest BCUT2D eigenvalue weighted by atomic mass is 32.1. The number of nitrogens with one attached hydrogen (secondary N) is 1. The Balaban J connectivity index is 1.70. The van der Waals surface area contributed by atoms with Gasteiger partial charge in [0.25, 0.3) is 0 Å². The summed E-state index contributed by atoms with van der Waals surface area (Å²) in [5.41, 5.74) is -1.15. The van der Waals surface area contributed by atoms with Crippen LogP contribution in [0.15, 0.2) is 29.6 Å². The van der Waals surface area contributed by atoms with E-state index in [9.17, 15) is 27.9 Å². The number of halogens is 3. The Kier molecular flexibility index (Phi) is 4.85. The Morgan fingerprint density at radius 3 is 2.74 bits per heavy atom. The molecule has 1 saturated heterocycles. The molecule has 10 heteroatoms. The number of thiazole rings is 1. The van der Waals surface area contributed by atoms with Gasteiger partial charge >= 0.3 is 18.2 Å². The Morgan fingerprint density at radius 2 is 2.11 bits per heavy atom. The first kappa shape index (κ1) is 19.2. The monoisotopic (exact) mass is 399 g/mol. The van der Waals surface area contributed by atoms with E-state index in [0.29, 0.717) is 24.2 Å². The molecule has 1 fully saturated rings. The molecule has 0 radical (unpaired) electrons. The van der Waals surface area contributed by atoms with Gasteiger partial charge < -0.3 is 10.0 Å². The molecule has 2 aromatic rings. The number of aromatic nitrogens is 1. The van der Waals surface area contributed by atoms with E-state index in [1.54, 1.807) is 12.3 Å². The topological polar surface area (TPSA) is 82.5 Å². The molecule has 1 aliphatic rings. The summed E-state index contributed by atoms with van der Waals surface area (Å²) in [6, 6.07) is 4.30. The number of benzene rings is 1. The third-order valence-corrected chi connectivity index (χ3v) is 5.24. The van der Waals surface area contributed by atoms with Crippen LogP contribution in [0, 0.1) is 5.41 Å². The molecule has 2 heterocycles. The van der Waals surface area contributed by atoms with E-state index in [0.717, 1.165) is 23.5 Å². The summed E-state index contributed by atoms with van der Waals surface area (Å²) in [6.45, 7) is 1.97. The third kappa shape index (κ3) is 4.05. The largest absolute Gasteiger partial charge is 0.481 e. The maximum atomic E-state index is 12.8. The molecule has 144 valence electrons. The van der Waals surface area contributed by atoms with E-state index in [-0.39, 0.29) is 11.7 Å². The van der Waals surface area contributed by atoms with Gasteiger partial charge in [0.05, 0.1) is 16.7 Å². The first-order valence-corrected chi connectivity index (χ1v) is 8.89. The van der Waals surface area contributed by atoms with Gasteiger partial charge in [0.15, 0.2) is 5.13 Å². The Hall–Kier alpha value is -2.62. The highest BCUT2D eigenvalue weighted by Crippen LogP contribution is 2.34. The molecule has 1 atom stereocenters. The number of hydrogen-bond donors (Lipinski definition) is 2. The van der Waals surface area contributed by atoms with Gasteiger partial charge in [-0.15, -0.1) is 11.3 Å². The summed E-state index contributed by atoms with van der Waals surface area (Å²) in [7, 11) is 0. The summed E-state index contributed by atoms with van der Waals surface area (Å²) in [6.07, 6.45) is -4.10. The minimum atomic E-state index is -4.45. The zero-order valence-corrected chi connectivity index (χ0v) is 15.0. The molecule has 0 aliphatic carbocycles. The van der Waals surface area contributed by atoms with Crippen molar-refractivity contribution >= 4 is 28.5 Å². The molecule has 1 aliphatic heterocycles. The van der Waals surface area contributed by atoms with Crippen LogP contribution in [-0.4, -0.2) is 40.1 Å². The maximum absolute atomic E-state index is 12.8. The molecule has 3 rings (SSSR count). The zero-order valence-electron chi connectivity index (χ0n) is 14.2. The second-order valence-electron chi connectivity index (χ2n) is 6.58. The lowest BCUT2D eigenvalue weighted by molar-refractivity contribution is -0.147. The van der Waals surface area contributed by atoms with Crippen molar-refractivity contribution in [1.29, 1.82) is 0 Å². The van der Waals surface area contributed by atoms with Crippen molar-refractivity contribution in [1.82, 2.24) is 9.88 Å². The lowest BCUT2D eigenvalue weighted by Gasteiger charge is -2.19. The molecule has 27 heavy (non-hydrogen) atoms. The van der Waals surface area contributed by atoms with Crippen LogP contribution < -0.4 is 5.32 Å². The van der Waals surface area contributed by atoms with Crippen LogP contribution in [0.5, 0.6) is 0 Å². The number of amides is 2. The predicted octanol–water partition coefficient (Wildman–Crippen LogP) is 4.16. The van der Waals surface area contributed by atoms with Gasteiger partial charge in [-0.25, -0.2) is 9.78 Å². The van der Waals surface area contributed by atoms with Gasteiger partial charge in [0.2, 0.25) is 0 Å². The molecule has 0 bridgehead atoms. The molecule has 6 nitrogen and oxygen atoms in total. The lowest BCUT2D eigenvalue weighted by atomic mass is 9.90. The van der Waals surface area contributed by atoms with E-state index in [2.05, 4.69) is 10.3 Å². The number of alkyl halides is 3. The highest BCUT2D eigenvalue weighted by molar-refractivity contribution is 7.14. The normalized spacial score (nSPS) is 19.9. The van der Waals surface area contributed by atoms with Crippen LogP contribution in [0.2, 0.25) is 0 Å². The fourth-order valence-corrected chi connectivity index (χ4v) is 3.51. The average Bonchev–Trinajstić information content (AvgIpc) is 3.22. The fraction of sp³-hybridized carbons (Fsp3) is 0.353. The van der Waals surface area contributed by atoms with Crippen molar-refractivity contribution in [2.24, 2.45) is 5.41 Å². The van der Waals surface area contributed by atoms with Gasteiger partial charge in [0.1, 0.15) is 0 Å². The molecule has 2 amide bonds. The number of carbonyl (C=O) groups is 2. The number of rotatable bonds is 3. The maximum Gasteiger partial charge on any atom is 0.416 e. The van der Waals surface area contributed by atoms with Crippen molar-refractivity contribution < 1.29 is 27.9 Å². The van der Waals surface area contributed by atoms with Crippen molar-refractivity contribution in [3.05, 3.63) is 35.2 Å². The van der Waals surface area contributed by atoms with Gasteiger partial charge in [-0.1, -0.05) is 12.1 Å². The van der Waals surface area contributed by atoms with Crippen molar-refractivity contribution in [2.75, 3.05) is 18.4 Å². The number of urea groups is 1. The molecule has 0 saturated carbocycles. The molecule has 2 N–H and O–H groups in total. The van der Waals surface area contributed by atoms with E-state index >= 15 is 0 Å². The Morgan fingerprint density at radius 1 is 1.37 bits per heavy atom. The zero-order chi connectivity index (χ0) is 19.8. The van der Waals surface area contributed by atoms with Crippen LogP contribution in [0.4, 0.5) is 23.1 Å². The van der Waals surface area contributed by atoms with Gasteiger partial charge in [-0.3, -0.25) is 10.1 Å². The Bertz CT molecular complexity index is 884. The smallest absolute Gasteiger partial charge is 0.416 e. The number of likely N-dealkylation sites (tertiary alicyclic amines) is 1. The van der Waals surface area contributed by atoms with E-state index in [4.69, 9.17) is 0 Å². The molecule has 1 aromatic carbocycles. The molecule has 1 aromatic heterocycles. The SMILES string of the molecule is CC1(C(=O)O)CCN(C(=O)Nc2nc(-c3cccc(C(F)(F)F)c3)cs2)C1. The van der Waals surface area contributed by atoms with Crippen LogP contribution in [0.25, 0.3) is 11.3 Å². The number of anilines is 1. The van der Waals surface area contributed by atoms with Crippen LogP contribution >= 0.6 is 11.3 Å². The van der Waals surface area contributed by atoms with E-state index in [1.165, 1.54) is 17.0 Å². The quantitative estimate of drug-likeness (QED) is 0.812. The third-order valence-electron chi connectivity index (χ3n) is 4.48. The number of carboxylic acids is 1. The van der Waals surface area contributed by atoms with Crippen LogP contribution in [0.1, 0.15) is 18.9 Å². The summed E-state index contributed by atoms with van der Waals surface area (Å²) >= 11 is 1.08. The van der Waals surface area contributed by atoms with Crippen LogP contribution in [-0.2, 0) is 11.0 Å².